The first-order chi connectivity index (χ1) is 17.1. The van der Waals surface area contributed by atoms with E-state index in [1.54, 1.807) is 0 Å². The lowest BCUT2D eigenvalue weighted by Crippen LogP contribution is -2.35. The zero-order chi connectivity index (χ0) is 25.7. The van der Waals surface area contributed by atoms with Gasteiger partial charge in [0.15, 0.2) is 12.3 Å². The van der Waals surface area contributed by atoms with Crippen LogP contribution in [0.5, 0.6) is 11.6 Å². The molecule has 1 aromatic heterocycles. The summed E-state index contributed by atoms with van der Waals surface area (Å²) >= 11 is 0. The van der Waals surface area contributed by atoms with Crippen LogP contribution < -0.4 is 4.74 Å². The molecule has 1 saturated heterocycles. The molecule has 7 heteroatoms. The number of aryl methyl sites for hydroxylation is 1. The smallest absolute Gasteiger partial charge is 0.302 e. The summed E-state index contributed by atoms with van der Waals surface area (Å²) < 4.78 is 7.57. The Balaban J connectivity index is 1.36. The highest BCUT2D eigenvalue weighted by Gasteiger charge is 2.49. The lowest BCUT2D eigenvalue weighted by molar-refractivity contribution is -0.120. The third kappa shape index (κ3) is 4.64. The molecule has 2 aliphatic rings. The predicted molar refractivity (Wildman–Crippen MR) is 141 cm³/mol. The molecule has 0 unspecified atom stereocenters. The lowest BCUT2D eigenvalue weighted by atomic mass is 9.65. The first kappa shape index (κ1) is 24.5. The van der Waals surface area contributed by atoms with E-state index >= 15 is 0 Å². The molecule has 1 saturated carbocycles. The van der Waals surface area contributed by atoms with E-state index < -0.39 is 5.91 Å². The Morgan fingerprint density at radius 2 is 1.89 bits per heavy atom. The summed E-state index contributed by atoms with van der Waals surface area (Å²) in [6.07, 6.45) is 3.57. The van der Waals surface area contributed by atoms with Gasteiger partial charge in [0, 0.05) is 18.0 Å². The molecule has 2 aromatic carbocycles. The van der Waals surface area contributed by atoms with Crippen LogP contribution >= 0.6 is 0 Å². The summed E-state index contributed by atoms with van der Waals surface area (Å²) in [6, 6.07) is 14.0. The number of likely N-dealkylation sites (tertiary alicyclic amines) is 1. The van der Waals surface area contributed by atoms with Crippen LogP contribution in [-0.2, 0) is 11.5 Å². The third-order valence-corrected chi connectivity index (χ3v) is 7.93. The molecule has 7 nitrogen and oxygen atoms in total. The summed E-state index contributed by atoms with van der Waals surface area (Å²) in [7, 11) is 0. The minimum Gasteiger partial charge on any atom is -0.493 e. The summed E-state index contributed by atoms with van der Waals surface area (Å²) in [5.41, 5.74) is 3.92. The number of aromatic nitrogens is 1. The number of nitrogens with zero attached hydrogens (tertiary/aromatic N) is 4. The minimum atomic E-state index is -0.504. The van der Waals surface area contributed by atoms with Gasteiger partial charge < -0.3 is 9.84 Å². The Hall–Kier alpha value is -3.19. The highest BCUT2D eigenvalue weighted by atomic mass is 16.5. The fraction of sp³-hybridized carbons (Fsp3) is 0.483. The van der Waals surface area contributed by atoms with Crippen molar-refractivity contribution >= 4 is 22.5 Å². The van der Waals surface area contributed by atoms with Crippen molar-refractivity contribution in [1.29, 1.82) is 0 Å². The van der Waals surface area contributed by atoms with Crippen molar-refractivity contribution in [3.05, 3.63) is 53.6 Å². The molecule has 0 spiro atoms. The second-order valence-electron chi connectivity index (χ2n) is 11.8. The van der Waals surface area contributed by atoms with Crippen molar-refractivity contribution in [3.8, 4) is 11.6 Å². The monoisotopic (exact) mass is 488 g/mol. The number of carbonyl (C=O) groups is 1. The summed E-state index contributed by atoms with van der Waals surface area (Å²) in [6.45, 7) is 12.5. The van der Waals surface area contributed by atoms with E-state index in [9.17, 15) is 9.90 Å². The normalized spacial score (nSPS) is 23.5. The summed E-state index contributed by atoms with van der Waals surface area (Å²) in [4.78, 5) is 14.9. The molecule has 1 aliphatic heterocycles. The maximum absolute atomic E-state index is 12.5. The third-order valence-electron chi connectivity index (χ3n) is 7.93. The van der Waals surface area contributed by atoms with E-state index in [-0.39, 0.29) is 12.5 Å². The number of ether oxygens (including phenoxy) is 1. The number of hydrogen-bond donors (Lipinski definition) is 1. The van der Waals surface area contributed by atoms with Gasteiger partial charge in [0.25, 0.3) is 0 Å². The molecule has 0 radical (unpaired) electrons. The Morgan fingerprint density at radius 1 is 1.11 bits per heavy atom. The molecule has 2 heterocycles. The van der Waals surface area contributed by atoms with Gasteiger partial charge in [0.2, 0.25) is 5.88 Å². The van der Waals surface area contributed by atoms with E-state index in [1.807, 2.05) is 60.9 Å². The van der Waals surface area contributed by atoms with E-state index in [1.165, 1.54) is 12.8 Å². The van der Waals surface area contributed by atoms with Gasteiger partial charge in [0.1, 0.15) is 5.75 Å². The summed E-state index contributed by atoms with van der Waals surface area (Å²) in [5.74, 6) is 0.190. The number of fused-ring (bicyclic) bond motifs is 3. The van der Waals surface area contributed by atoms with E-state index in [4.69, 9.17) is 4.74 Å². The molecule has 2 atom stereocenters. The number of hydrogen-bond acceptors (Lipinski definition) is 5. The largest absolute Gasteiger partial charge is 0.493 e. The van der Waals surface area contributed by atoms with Gasteiger partial charge in [-0.2, -0.15) is 0 Å². The topological polar surface area (TPSA) is 79.4 Å². The molecule has 3 aromatic rings. The van der Waals surface area contributed by atoms with Crippen molar-refractivity contribution in [3.63, 3.8) is 0 Å². The van der Waals surface area contributed by atoms with Gasteiger partial charge in [-0.25, -0.2) is 0 Å². The van der Waals surface area contributed by atoms with Gasteiger partial charge in [-0.15, -0.1) is 10.2 Å². The fourth-order valence-electron chi connectivity index (χ4n) is 6.59. The second-order valence-corrected chi connectivity index (χ2v) is 11.8. The van der Waals surface area contributed by atoms with Crippen molar-refractivity contribution < 1.29 is 14.6 Å². The van der Waals surface area contributed by atoms with Gasteiger partial charge >= 0.3 is 5.91 Å². The SMILES string of the molecule is Cc1cccc(OCC(=O)N=Nc2c(O)n(CN3C[C@@]4(C)C[C@H]3CC(C)(C)C4)c3ccccc23)c1C. The van der Waals surface area contributed by atoms with Crippen LogP contribution in [0.4, 0.5) is 5.69 Å². The quantitative estimate of drug-likeness (QED) is 0.401. The molecular weight excluding hydrogens is 452 g/mol. The standard InChI is InChI=1S/C29H36N4O3/c1-19-9-8-12-24(20(19)2)36-15-25(34)30-31-26-22-10-6-7-11-23(22)33(27(26)35)18-32-17-29(5)14-21(32)13-28(3,4)16-29/h6-12,21,35H,13-18H2,1-5H3/t21-,29+/m1/s1. The van der Waals surface area contributed by atoms with Gasteiger partial charge in [-0.05, 0) is 67.2 Å². The van der Waals surface area contributed by atoms with Crippen LogP contribution in [0.3, 0.4) is 0 Å². The second kappa shape index (κ2) is 9.04. The maximum atomic E-state index is 12.5. The number of azo groups is 1. The Kier molecular flexibility index (Phi) is 6.15. The van der Waals surface area contributed by atoms with E-state index in [0.717, 1.165) is 35.0 Å². The number of benzene rings is 2. The van der Waals surface area contributed by atoms with Crippen LogP contribution in [0.1, 0.15) is 51.2 Å². The average molecular weight is 489 g/mol. The van der Waals surface area contributed by atoms with Crippen LogP contribution in [0, 0.1) is 24.7 Å². The van der Waals surface area contributed by atoms with Crippen LogP contribution in [-0.4, -0.2) is 39.7 Å². The summed E-state index contributed by atoms with van der Waals surface area (Å²) in [5, 5.41) is 20.0. The molecule has 5 rings (SSSR count). The molecule has 1 amide bonds. The van der Waals surface area contributed by atoms with Crippen molar-refractivity contribution in [1.82, 2.24) is 9.47 Å². The van der Waals surface area contributed by atoms with Gasteiger partial charge in [-0.1, -0.05) is 51.1 Å². The van der Waals surface area contributed by atoms with Crippen molar-refractivity contribution in [2.75, 3.05) is 13.2 Å². The first-order valence-electron chi connectivity index (χ1n) is 12.7. The minimum absolute atomic E-state index is 0.0362. The number of carbonyl (C=O) groups excluding carboxylic acids is 1. The zero-order valence-electron chi connectivity index (χ0n) is 21.9. The van der Waals surface area contributed by atoms with Crippen molar-refractivity contribution in [2.45, 2.75) is 66.6 Å². The maximum Gasteiger partial charge on any atom is 0.302 e. The lowest BCUT2D eigenvalue weighted by Gasteiger charge is -2.40. The van der Waals surface area contributed by atoms with Gasteiger partial charge in [0.05, 0.1) is 12.2 Å². The Morgan fingerprint density at radius 3 is 2.69 bits per heavy atom. The molecule has 2 bridgehead atoms. The van der Waals surface area contributed by atoms with Crippen LogP contribution in [0.15, 0.2) is 52.7 Å². The molecule has 1 N–H and O–H groups in total. The number of aromatic hydroxyl groups is 1. The molecule has 2 fully saturated rings. The zero-order valence-corrected chi connectivity index (χ0v) is 21.9. The molecule has 1 aliphatic carbocycles. The highest BCUT2D eigenvalue weighted by molar-refractivity contribution is 5.95. The average Bonchev–Trinajstić information content (AvgIpc) is 3.21. The first-order valence-corrected chi connectivity index (χ1v) is 12.7. The predicted octanol–water partition coefficient (Wildman–Crippen LogP) is 6.51. The van der Waals surface area contributed by atoms with Gasteiger partial charge in [-0.3, -0.25) is 14.3 Å². The van der Waals surface area contributed by atoms with E-state index in [0.29, 0.717) is 35.0 Å². The highest BCUT2D eigenvalue weighted by Crippen LogP contribution is 2.53. The Labute approximate surface area is 212 Å². The molecule has 190 valence electrons. The molecular formula is C29H36N4O3. The fourth-order valence-corrected chi connectivity index (χ4v) is 6.59. The van der Waals surface area contributed by atoms with Crippen molar-refractivity contribution in [2.24, 2.45) is 21.1 Å². The van der Waals surface area contributed by atoms with E-state index in [2.05, 4.69) is 35.9 Å². The number of amides is 1. The van der Waals surface area contributed by atoms with Crippen LogP contribution in [0.25, 0.3) is 10.9 Å². The number of rotatable bonds is 6. The number of para-hydroxylation sites is 1. The molecule has 36 heavy (non-hydrogen) atoms. The Bertz CT molecular complexity index is 1340. The van der Waals surface area contributed by atoms with Crippen LogP contribution in [0.2, 0.25) is 0 Å².